The van der Waals surface area contributed by atoms with E-state index in [1.165, 1.54) is 11.8 Å². The highest BCUT2D eigenvalue weighted by atomic mass is 32.2. The third-order valence-corrected chi connectivity index (χ3v) is 4.87. The Hall–Kier alpha value is -1.79. The molecule has 1 N–H and O–H groups in total. The largest absolute Gasteiger partial charge is 0.507 e. The maximum absolute atomic E-state index is 12.1. The standard InChI is InChI=1S/C16H19N3O2S/c1-18-7-4-8-19(10-9-18)16-17-15(21)14(22-16)11-12-5-2-3-6-13(12)20/h2-3,5-6,11,20H,4,7-10H2,1H3/b14-11-. The van der Waals surface area contributed by atoms with Crippen molar-refractivity contribution in [2.45, 2.75) is 6.42 Å². The minimum Gasteiger partial charge on any atom is -0.507 e. The van der Waals surface area contributed by atoms with Crippen LogP contribution in [-0.4, -0.2) is 59.2 Å². The smallest absolute Gasteiger partial charge is 0.286 e. The highest BCUT2D eigenvalue weighted by Crippen LogP contribution is 2.32. The second kappa shape index (κ2) is 6.54. The highest BCUT2D eigenvalue weighted by molar-refractivity contribution is 8.18. The van der Waals surface area contributed by atoms with Gasteiger partial charge in [0.1, 0.15) is 5.75 Å². The van der Waals surface area contributed by atoms with E-state index in [9.17, 15) is 9.90 Å². The van der Waals surface area contributed by atoms with Gasteiger partial charge in [-0.05, 0) is 43.9 Å². The molecule has 1 aromatic carbocycles. The summed E-state index contributed by atoms with van der Waals surface area (Å²) in [6.45, 7) is 3.86. The van der Waals surface area contributed by atoms with Crippen LogP contribution in [-0.2, 0) is 4.79 Å². The number of aromatic hydroxyl groups is 1. The summed E-state index contributed by atoms with van der Waals surface area (Å²) in [5.41, 5.74) is 0.644. The van der Waals surface area contributed by atoms with Crippen LogP contribution in [0.25, 0.3) is 6.08 Å². The molecule has 0 spiro atoms. The number of para-hydroxylation sites is 1. The van der Waals surface area contributed by atoms with E-state index < -0.39 is 0 Å². The van der Waals surface area contributed by atoms with Crippen molar-refractivity contribution in [3.63, 3.8) is 0 Å². The van der Waals surface area contributed by atoms with Gasteiger partial charge in [-0.2, -0.15) is 4.99 Å². The number of amides is 1. The van der Waals surface area contributed by atoms with Gasteiger partial charge in [-0.3, -0.25) is 4.79 Å². The lowest BCUT2D eigenvalue weighted by Crippen LogP contribution is -2.32. The molecule has 2 heterocycles. The zero-order valence-corrected chi connectivity index (χ0v) is 13.3. The van der Waals surface area contributed by atoms with Gasteiger partial charge in [0.2, 0.25) is 0 Å². The molecule has 5 nitrogen and oxygen atoms in total. The number of likely N-dealkylation sites (N-methyl/N-ethyl adjacent to an activating group) is 1. The van der Waals surface area contributed by atoms with Crippen LogP contribution in [0.1, 0.15) is 12.0 Å². The average Bonchev–Trinajstić information content (AvgIpc) is 2.71. The zero-order chi connectivity index (χ0) is 15.5. The van der Waals surface area contributed by atoms with Gasteiger partial charge < -0.3 is 14.9 Å². The summed E-state index contributed by atoms with van der Waals surface area (Å²) in [7, 11) is 2.11. The fraction of sp³-hybridized carbons (Fsp3) is 0.375. The first-order chi connectivity index (χ1) is 10.6. The van der Waals surface area contributed by atoms with Crippen molar-refractivity contribution in [1.29, 1.82) is 0 Å². The van der Waals surface area contributed by atoms with E-state index in [-0.39, 0.29) is 11.7 Å². The molecule has 22 heavy (non-hydrogen) atoms. The molecular weight excluding hydrogens is 298 g/mol. The third-order valence-electron chi connectivity index (χ3n) is 3.82. The van der Waals surface area contributed by atoms with E-state index in [2.05, 4.69) is 21.8 Å². The molecule has 1 aromatic rings. The molecule has 2 aliphatic heterocycles. The van der Waals surface area contributed by atoms with Gasteiger partial charge in [-0.1, -0.05) is 18.2 Å². The number of rotatable bonds is 1. The van der Waals surface area contributed by atoms with Crippen LogP contribution >= 0.6 is 11.8 Å². The van der Waals surface area contributed by atoms with Gasteiger partial charge in [0.05, 0.1) is 4.91 Å². The Labute approximate surface area is 134 Å². The van der Waals surface area contributed by atoms with Crippen molar-refractivity contribution in [3.8, 4) is 5.75 Å². The number of nitrogens with zero attached hydrogens (tertiary/aromatic N) is 3. The van der Waals surface area contributed by atoms with Gasteiger partial charge >= 0.3 is 0 Å². The van der Waals surface area contributed by atoms with Crippen molar-refractivity contribution < 1.29 is 9.90 Å². The normalized spacial score (nSPS) is 22.0. The molecule has 0 bridgehead atoms. The lowest BCUT2D eigenvalue weighted by atomic mass is 10.2. The maximum atomic E-state index is 12.1. The lowest BCUT2D eigenvalue weighted by Gasteiger charge is -2.20. The first kappa shape index (κ1) is 15.1. The Morgan fingerprint density at radius 2 is 2.05 bits per heavy atom. The minimum atomic E-state index is -0.221. The van der Waals surface area contributed by atoms with E-state index in [0.29, 0.717) is 10.5 Å². The number of thioether (sulfide) groups is 1. The second-order valence-electron chi connectivity index (χ2n) is 5.51. The zero-order valence-electron chi connectivity index (χ0n) is 12.5. The molecule has 6 heteroatoms. The number of phenolic OH excluding ortho intramolecular Hbond substituents is 1. The van der Waals surface area contributed by atoms with Crippen LogP contribution in [0.15, 0.2) is 34.2 Å². The van der Waals surface area contributed by atoms with E-state index in [1.54, 1.807) is 24.3 Å². The minimum absolute atomic E-state index is 0.174. The quantitative estimate of drug-likeness (QED) is 0.803. The highest BCUT2D eigenvalue weighted by Gasteiger charge is 2.27. The number of carbonyl (C=O) groups excluding carboxylic acids is 1. The molecule has 2 aliphatic rings. The molecule has 0 aliphatic carbocycles. The van der Waals surface area contributed by atoms with E-state index in [0.717, 1.165) is 37.8 Å². The van der Waals surface area contributed by atoms with Gasteiger partial charge in [0.15, 0.2) is 5.17 Å². The number of hydrogen-bond donors (Lipinski definition) is 1. The van der Waals surface area contributed by atoms with E-state index in [1.807, 2.05) is 6.07 Å². The summed E-state index contributed by atoms with van der Waals surface area (Å²) in [4.78, 5) is 21.3. The van der Waals surface area contributed by atoms with Gasteiger partial charge in [0, 0.05) is 25.2 Å². The molecule has 0 saturated carbocycles. The van der Waals surface area contributed by atoms with E-state index in [4.69, 9.17) is 0 Å². The van der Waals surface area contributed by atoms with Crippen LogP contribution in [0.5, 0.6) is 5.75 Å². The van der Waals surface area contributed by atoms with Crippen molar-refractivity contribution in [3.05, 3.63) is 34.7 Å². The number of amidine groups is 1. The van der Waals surface area contributed by atoms with Crippen LogP contribution in [0.3, 0.4) is 0 Å². The number of hydrogen-bond acceptors (Lipinski definition) is 5. The van der Waals surface area contributed by atoms with Crippen LogP contribution in [0.4, 0.5) is 0 Å². The summed E-state index contributed by atoms with van der Waals surface area (Å²) >= 11 is 1.40. The predicted octanol–water partition coefficient (Wildman–Crippen LogP) is 2.00. The monoisotopic (exact) mass is 317 g/mol. The van der Waals surface area contributed by atoms with Crippen molar-refractivity contribution in [1.82, 2.24) is 9.80 Å². The molecule has 0 aromatic heterocycles. The average molecular weight is 317 g/mol. The first-order valence-corrected chi connectivity index (χ1v) is 8.19. The predicted molar refractivity (Wildman–Crippen MR) is 89.8 cm³/mol. The lowest BCUT2D eigenvalue weighted by molar-refractivity contribution is -0.113. The molecule has 1 amide bonds. The second-order valence-corrected chi connectivity index (χ2v) is 6.52. The fourth-order valence-corrected chi connectivity index (χ4v) is 3.48. The van der Waals surface area contributed by atoms with Gasteiger partial charge in [0.25, 0.3) is 5.91 Å². The summed E-state index contributed by atoms with van der Waals surface area (Å²) < 4.78 is 0. The van der Waals surface area contributed by atoms with Crippen LogP contribution < -0.4 is 0 Å². The molecule has 1 saturated heterocycles. The molecule has 3 rings (SSSR count). The molecule has 0 atom stereocenters. The van der Waals surface area contributed by atoms with Crippen molar-refractivity contribution in [2.75, 3.05) is 33.2 Å². The summed E-state index contributed by atoms with van der Waals surface area (Å²) in [6, 6.07) is 7.00. The Bertz CT molecular complexity index is 642. The summed E-state index contributed by atoms with van der Waals surface area (Å²) in [5, 5.41) is 10.6. The van der Waals surface area contributed by atoms with Gasteiger partial charge in [-0.15, -0.1) is 0 Å². The molecule has 1 fully saturated rings. The Morgan fingerprint density at radius 1 is 1.23 bits per heavy atom. The number of aliphatic imine (C=N–C) groups is 1. The Morgan fingerprint density at radius 3 is 2.86 bits per heavy atom. The topological polar surface area (TPSA) is 56.1 Å². The van der Waals surface area contributed by atoms with Crippen molar-refractivity contribution >= 4 is 28.9 Å². The van der Waals surface area contributed by atoms with E-state index >= 15 is 0 Å². The third kappa shape index (κ3) is 3.34. The molecular formula is C16H19N3O2S. The molecule has 0 unspecified atom stereocenters. The number of carbonyl (C=O) groups is 1. The SMILES string of the molecule is CN1CCCN(C2=NC(=O)/C(=C/c3ccccc3O)S2)CC1. The Balaban J connectivity index is 1.75. The molecule has 0 radical (unpaired) electrons. The van der Waals surface area contributed by atoms with Gasteiger partial charge in [-0.25, -0.2) is 0 Å². The molecule has 116 valence electrons. The fourth-order valence-electron chi connectivity index (χ4n) is 2.52. The Kier molecular flexibility index (Phi) is 4.49. The number of phenols is 1. The summed E-state index contributed by atoms with van der Waals surface area (Å²) in [5.74, 6) is -0.0471. The van der Waals surface area contributed by atoms with Crippen LogP contribution in [0, 0.1) is 0 Å². The number of benzene rings is 1. The maximum Gasteiger partial charge on any atom is 0.286 e. The summed E-state index contributed by atoms with van der Waals surface area (Å²) in [6.07, 6.45) is 2.78. The van der Waals surface area contributed by atoms with Crippen molar-refractivity contribution in [2.24, 2.45) is 4.99 Å². The van der Waals surface area contributed by atoms with Crippen LogP contribution in [0.2, 0.25) is 0 Å². The first-order valence-electron chi connectivity index (χ1n) is 7.37.